The lowest BCUT2D eigenvalue weighted by Gasteiger charge is -2.08. The van der Waals surface area contributed by atoms with E-state index < -0.39 is 21.5 Å². The van der Waals surface area contributed by atoms with Gasteiger partial charge in [-0.1, -0.05) is 12.1 Å². The molecule has 0 saturated carbocycles. The van der Waals surface area contributed by atoms with Crippen LogP contribution in [0.5, 0.6) is 0 Å². The van der Waals surface area contributed by atoms with Crippen LogP contribution in [0.3, 0.4) is 0 Å². The Balaban J connectivity index is 2.51. The van der Waals surface area contributed by atoms with E-state index in [2.05, 4.69) is 0 Å². The molecule has 2 aromatic carbocycles. The zero-order chi connectivity index (χ0) is 15.6. The summed E-state index contributed by atoms with van der Waals surface area (Å²) in [7, 11) is -4.00. The first-order valence-electron chi connectivity index (χ1n) is 5.84. The fraction of sp³-hybridized carbons (Fsp3) is 0.143. The molecule has 112 valence electrons. The van der Waals surface area contributed by atoms with Crippen molar-refractivity contribution in [1.29, 1.82) is 0 Å². The van der Waals surface area contributed by atoms with Crippen molar-refractivity contribution < 1.29 is 17.2 Å². The fourth-order valence-corrected chi connectivity index (χ4v) is 3.46. The molecule has 0 amide bonds. The van der Waals surface area contributed by atoms with Crippen LogP contribution in [0.2, 0.25) is 0 Å². The van der Waals surface area contributed by atoms with Gasteiger partial charge in [-0.2, -0.15) is 0 Å². The van der Waals surface area contributed by atoms with Crippen LogP contribution in [0.15, 0.2) is 46.2 Å². The minimum absolute atomic E-state index is 0.0643. The fourth-order valence-electron chi connectivity index (χ4n) is 1.74. The maximum absolute atomic E-state index is 13.7. The molecule has 0 unspecified atom stereocenters. The van der Waals surface area contributed by atoms with E-state index in [9.17, 15) is 17.2 Å². The first-order valence-corrected chi connectivity index (χ1v) is 8.39. The second-order valence-corrected chi connectivity index (χ2v) is 6.76. The maximum atomic E-state index is 13.7. The van der Waals surface area contributed by atoms with Gasteiger partial charge in [0, 0.05) is 11.1 Å². The topological polar surface area (TPSA) is 34.1 Å². The highest BCUT2D eigenvalue weighted by Crippen LogP contribution is 2.25. The highest BCUT2D eigenvalue weighted by atomic mass is 35.5. The van der Waals surface area contributed by atoms with Gasteiger partial charge in [0.15, 0.2) is 0 Å². The molecule has 21 heavy (non-hydrogen) atoms. The van der Waals surface area contributed by atoms with Crippen molar-refractivity contribution in [2.45, 2.75) is 21.6 Å². The predicted octanol–water partition coefficient (Wildman–Crippen LogP) is 4.28. The Hall–Kier alpha value is -1.17. The van der Waals surface area contributed by atoms with Crippen molar-refractivity contribution in [1.82, 2.24) is 0 Å². The molecule has 0 saturated heterocycles. The van der Waals surface area contributed by atoms with Crippen molar-refractivity contribution in [3.63, 3.8) is 0 Å². The largest absolute Gasteiger partial charge is 0.219 e. The monoisotopic (exact) mass is 350 g/mol. The molecule has 2 nitrogen and oxygen atoms in total. The van der Waals surface area contributed by atoms with Crippen molar-refractivity contribution in [2.75, 3.05) is 0 Å². The number of rotatable bonds is 4. The molecule has 0 aliphatic heterocycles. The lowest BCUT2D eigenvalue weighted by Crippen LogP contribution is -2.04. The zero-order valence-corrected chi connectivity index (χ0v) is 12.9. The highest BCUT2D eigenvalue weighted by Gasteiger charge is 2.20. The van der Waals surface area contributed by atoms with Gasteiger partial charge in [-0.15, -0.1) is 23.2 Å². The van der Waals surface area contributed by atoms with Gasteiger partial charge in [-0.25, -0.2) is 17.2 Å². The molecule has 7 heteroatoms. The van der Waals surface area contributed by atoms with E-state index in [1.807, 2.05) is 0 Å². The van der Waals surface area contributed by atoms with Crippen molar-refractivity contribution in [3.05, 3.63) is 59.2 Å². The average molecular weight is 351 g/mol. The molecule has 0 aliphatic rings. The minimum Gasteiger partial charge on any atom is -0.219 e. The van der Waals surface area contributed by atoms with Gasteiger partial charge < -0.3 is 0 Å². The summed E-state index contributed by atoms with van der Waals surface area (Å²) in [5, 5.41) is 0. The molecule has 0 fully saturated rings. The molecule has 0 bridgehead atoms. The third kappa shape index (κ3) is 3.20. The Kier molecular flexibility index (Phi) is 4.86. The standard InChI is InChI=1S/C14H10Cl2F2O2S/c15-7-9-1-3-11(5-13(9)17)21(19,20)12-4-2-10(8-16)14(18)6-12/h1-6H,7-8H2. The molecular weight excluding hydrogens is 341 g/mol. The average Bonchev–Trinajstić information content (AvgIpc) is 2.47. The van der Waals surface area contributed by atoms with Crippen LogP contribution in [-0.4, -0.2) is 8.42 Å². The summed E-state index contributed by atoms with van der Waals surface area (Å²) < 4.78 is 52.0. The maximum Gasteiger partial charge on any atom is 0.206 e. The summed E-state index contributed by atoms with van der Waals surface area (Å²) in [5.41, 5.74) is 0.388. The lowest BCUT2D eigenvalue weighted by atomic mass is 10.2. The highest BCUT2D eigenvalue weighted by molar-refractivity contribution is 7.91. The van der Waals surface area contributed by atoms with Gasteiger partial charge in [0.1, 0.15) is 11.6 Å². The Morgan fingerprint density at radius 2 is 1.19 bits per heavy atom. The van der Waals surface area contributed by atoms with E-state index in [1.165, 1.54) is 24.3 Å². The molecule has 0 heterocycles. The minimum atomic E-state index is -4.00. The second-order valence-electron chi connectivity index (χ2n) is 4.28. The number of alkyl halides is 2. The molecule has 0 spiro atoms. The molecule has 0 aliphatic carbocycles. The molecule has 2 aromatic rings. The first-order chi connectivity index (χ1) is 9.90. The second kappa shape index (κ2) is 6.30. The summed E-state index contributed by atoms with van der Waals surface area (Å²) in [5.74, 6) is -1.57. The van der Waals surface area contributed by atoms with E-state index in [4.69, 9.17) is 23.2 Å². The summed E-state index contributed by atoms with van der Waals surface area (Å²) in [6.45, 7) is 0. The van der Waals surface area contributed by atoms with Gasteiger partial charge in [0.25, 0.3) is 0 Å². The van der Waals surface area contributed by atoms with Gasteiger partial charge >= 0.3 is 0 Å². The summed E-state index contributed by atoms with van der Waals surface area (Å²) in [6, 6.07) is 6.81. The zero-order valence-electron chi connectivity index (χ0n) is 10.6. The third-order valence-electron chi connectivity index (χ3n) is 2.96. The van der Waals surface area contributed by atoms with Gasteiger partial charge in [0.05, 0.1) is 21.6 Å². The predicted molar refractivity (Wildman–Crippen MR) is 77.4 cm³/mol. The van der Waals surface area contributed by atoms with Crippen LogP contribution in [0.25, 0.3) is 0 Å². The summed E-state index contributed by atoms with van der Waals surface area (Å²) >= 11 is 11.0. The molecular formula is C14H10Cl2F2O2S. The van der Waals surface area contributed by atoms with Crippen molar-refractivity contribution in [3.8, 4) is 0 Å². The van der Waals surface area contributed by atoms with E-state index in [0.717, 1.165) is 12.1 Å². The lowest BCUT2D eigenvalue weighted by molar-refractivity contribution is 0.583. The Morgan fingerprint density at radius 1 is 0.810 bits per heavy atom. The van der Waals surface area contributed by atoms with Crippen LogP contribution in [-0.2, 0) is 21.6 Å². The summed E-state index contributed by atoms with van der Waals surface area (Å²) in [6.07, 6.45) is 0. The normalized spacial score (nSPS) is 11.6. The number of halogens is 4. The quantitative estimate of drug-likeness (QED) is 0.771. The van der Waals surface area contributed by atoms with Gasteiger partial charge in [-0.05, 0) is 24.3 Å². The Labute approximate surface area is 131 Å². The first kappa shape index (κ1) is 16.2. The summed E-state index contributed by atoms with van der Waals surface area (Å²) in [4.78, 5) is -0.515. The van der Waals surface area contributed by atoms with Gasteiger partial charge in [0.2, 0.25) is 9.84 Å². The SMILES string of the molecule is O=S(=O)(c1ccc(CCl)c(F)c1)c1ccc(CCl)c(F)c1. The number of hydrogen-bond donors (Lipinski definition) is 0. The molecule has 0 aromatic heterocycles. The molecule has 0 radical (unpaired) electrons. The Morgan fingerprint density at radius 3 is 1.48 bits per heavy atom. The van der Waals surface area contributed by atoms with Crippen molar-refractivity contribution >= 4 is 33.0 Å². The van der Waals surface area contributed by atoms with Crippen LogP contribution in [0, 0.1) is 11.6 Å². The van der Waals surface area contributed by atoms with Crippen LogP contribution in [0.1, 0.15) is 11.1 Å². The van der Waals surface area contributed by atoms with Gasteiger partial charge in [-0.3, -0.25) is 0 Å². The van der Waals surface area contributed by atoms with Crippen LogP contribution >= 0.6 is 23.2 Å². The van der Waals surface area contributed by atoms with E-state index in [1.54, 1.807) is 0 Å². The van der Waals surface area contributed by atoms with E-state index in [0.29, 0.717) is 0 Å². The van der Waals surface area contributed by atoms with Crippen LogP contribution in [0.4, 0.5) is 8.78 Å². The molecule has 2 rings (SSSR count). The van der Waals surface area contributed by atoms with E-state index in [-0.39, 0.29) is 32.7 Å². The van der Waals surface area contributed by atoms with Crippen molar-refractivity contribution in [2.24, 2.45) is 0 Å². The molecule has 0 atom stereocenters. The van der Waals surface area contributed by atoms with E-state index >= 15 is 0 Å². The smallest absolute Gasteiger partial charge is 0.206 e. The number of benzene rings is 2. The number of hydrogen-bond acceptors (Lipinski definition) is 2. The molecule has 0 N–H and O–H groups in total. The van der Waals surface area contributed by atoms with Crippen LogP contribution < -0.4 is 0 Å². The third-order valence-corrected chi connectivity index (χ3v) is 5.28. The number of sulfone groups is 1. The Bertz CT molecular complexity index is 717.